The van der Waals surface area contributed by atoms with E-state index in [0.29, 0.717) is 17.5 Å². The highest BCUT2D eigenvalue weighted by molar-refractivity contribution is 7.92. The topological polar surface area (TPSA) is 108 Å². The fourth-order valence-corrected chi connectivity index (χ4v) is 3.10. The maximum Gasteiger partial charge on any atom is 0.249 e. The highest BCUT2D eigenvalue weighted by Crippen LogP contribution is 2.35. The number of aromatic nitrogens is 1. The summed E-state index contributed by atoms with van der Waals surface area (Å²) in [7, 11) is -3.40. The number of primary amides is 1. The summed E-state index contributed by atoms with van der Waals surface area (Å²) in [6.45, 7) is 3.57. The number of benzene rings is 2. The molecule has 1 aliphatic heterocycles. The first-order valence-electron chi connectivity index (χ1n) is 8.15. The van der Waals surface area contributed by atoms with E-state index in [1.165, 1.54) is 10.9 Å². The van der Waals surface area contributed by atoms with Gasteiger partial charge in [0.05, 0.1) is 5.69 Å². The number of fused-ring (bicyclic) bond motifs is 5. The summed E-state index contributed by atoms with van der Waals surface area (Å²) in [5, 5.41) is 6.28. The van der Waals surface area contributed by atoms with Crippen molar-refractivity contribution in [2.45, 2.75) is 6.54 Å². The van der Waals surface area contributed by atoms with Gasteiger partial charge in [-0.05, 0) is 17.7 Å². The first-order valence-corrected chi connectivity index (χ1v) is 9.76. The van der Waals surface area contributed by atoms with Crippen molar-refractivity contribution in [1.29, 1.82) is 0 Å². The fourth-order valence-electron chi connectivity index (χ4n) is 3.10. The van der Waals surface area contributed by atoms with E-state index in [1.54, 1.807) is 0 Å². The zero-order valence-corrected chi connectivity index (χ0v) is 15.3. The molecule has 1 aromatic heterocycles. The SMILES string of the molecule is C=CS(N)(=O)=O.NC(=O)C1=CCn2c(cc3ccccc32)-c2ccccc21. The molecule has 0 fully saturated rings. The Bertz CT molecular complexity index is 1160. The lowest BCUT2D eigenvalue weighted by Crippen LogP contribution is -2.13. The molecule has 2 heterocycles. The fraction of sp³-hybridized carbons (Fsp3) is 0.0500. The van der Waals surface area contributed by atoms with E-state index in [0.717, 1.165) is 16.8 Å². The largest absolute Gasteiger partial charge is 0.366 e. The second kappa shape index (κ2) is 7.22. The van der Waals surface area contributed by atoms with E-state index >= 15 is 0 Å². The summed E-state index contributed by atoms with van der Waals surface area (Å²) in [4.78, 5) is 11.8. The maximum absolute atomic E-state index is 11.8. The highest BCUT2D eigenvalue weighted by Gasteiger charge is 2.20. The molecule has 0 atom stereocenters. The van der Waals surface area contributed by atoms with Gasteiger partial charge in [0, 0.05) is 34.0 Å². The van der Waals surface area contributed by atoms with E-state index in [-0.39, 0.29) is 5.91 Å². The zero-order valence-electron chi connectivity index (χ0n) is 14.5. The van der Waals surface area contributed by atoms with Crippen molar-refractivity contribution in [1.82, 2.24) is 4.57 Å². The summed E-state index contributed by atoms with van der Waals surface area (Å²) in [6.07, 6.45) is 1.92. The molecule has 138 valence electrons. The molecule has 0 unspecified atom stereocenters. The third kappa shape index (κ3) is 3.84. The van der Waals surface area contributed by atoms with Crippen molar-refractivity contribution < 1.29 is 13.2 Å². The third-order valence-electron chi connectivity index (χ3n) is 4.28. The number of nitrogens with two attached hydrogens (primary N) is 2. The van der Waals surface area contributed by atoms with Crippen LogP contribution in [-0.2, 0) is 21.4 Å². The van der Waals surface area contributed by atoms with Crippen LogP contribution in [0.3, 0.4) is 0 Å². The molecule has 3 aromatic rings. The minimum absolute atomic E-state index is 0.377. The molecule has 27 heavy (non-hydrogen) atoms. The van der Waals surface area contributed by atoms with E-state index in [9.17, 15) is 13.2 Å². The lowest BCUT2D eigenvalue weighted by molar-refractivity contribution is -0.112. The molecular weight excluding hydrogens is 362 g/mol. The molecule has 4 N–H and O–H groups in total. The molecule has 0 aliphatic carbocycles. The number of para-hydroxylation sites is 1. The Balaban J connectivity index is 0.000000307. The number of allylic oxidation sites excluding steroid dienone is 1. The molecule has 0 radical (unpaired) electrons. The van der Waals surface area contributed by atoms with Crippen molar-refractivity contribution >= 4 is 32.4 Å². The van der Waals surface area contributed by atoms with Crippen LogP contribution in [0.5, 0.6) is 0 Å². The van der Waals surface area contributed by atoms with Crippen molar-refractivity contribution in [3.05, 3.63) is 78.2 Å². The van der Waals surface area contributed by atoms with Gasteiger partial charge in [0.2, 0.25) is 15.9 Å². The van der Waals surface area contributed by atoms with E-state index in [2.05, 4.69) is 34.5 Å². The van der Waals surface area contributed by atoms with Crippen molar-refractivity contribution in [3.8, 4) is 11.3 Å². The van der Waals surface area contributed by atoms with Gasteiger partial charge in [0.25, 0.3) is 0 Å². The molecule has 6 nitrogen and oxygen atoms in total. The molecule has 0 saturated carbocycles. The molecule has 1 aliphatic rings. The Labute approximate surface area is 157 Å². The molecule has 1 amide bonds. The number of rotatable bonds is 2. The normalized spacial score (nSPS) is 12.7. The summed E-state index contributed by atoms with van der Waals surface area (Å²) in [5.41, 5.74) is 10.4. The second-order valence-electron chi connectivity index (χ2n) is 5.98. The first kappa shape index (κ1) is 18.6. The van der Waals surface area contributed by atoms with Gasteiger partial charge in [-0.15, -0.1) is 0 Å². The summed E-state index contributed by atoms with van der Waals surface area (Å²) in [5.74, 6) is -0.377. The number of hydrogen-bond acceptors (Lipinski definition) is 3. The molecule has 4 rings (SSSR count). The Morgan fingerprint density at radius 3 is 2.30 bits per heavy atom. The minimum atomic E-state index is -3.40. The summed E-state index contributed by atoms with van der Waals surface area (Å²) >= 11 is 0. The van der Waals surface area contributed by atoms with Crippen LogP contribution in [0.1, 0.15) is 5.56 Å². The van der Waals surface area contributed by atoms with Gasteiger partial charge in [-0.1, -0.05) is 55.1 Å². The maximum atomic E-state index is 11.8. The minimum Gasteiger partial charge on any atom is -0.366 e. The lowest BCUT2D eigenvalue weighted by atomic mass is 9.97. The van der Waals surface area contributed by atoms with Crippen molar-refractivity contribution in [3.63, 3.8) is 0 Å². The van der Waals surface area contributed by atoms with Crippen molar-refractivity contribution in [2.75, 3.05) is 0 Å². The van der Waals surface area contributed by atoms with Gasteiger partial charge >= 0.3 is 0 Å². The average molecular weight is 381 g/mol. The lowest BCUT2D eigenvalue weighted by Gasteiger charge is -2.09. The van der Waals surface area contributed by atoms with Gasteiger partial charge < -0.3 is 10.3 Å². The predicted octanol–water partition coefficient (Wildman–Crippen LogP) is 2.61. The Morgan fingerprint density at radius 2 is 1.67 bits per heavy atom. The Kier molecular flexibility index (Phi) is 4.98. The molecule has 0 saturated heterocycles. The number of carbonyl (C=O) groups excluding carboxylic acids is 1. The van der Waals surface area contributed by atoms with Gasteiger partial charge in [0.1, 0.15) is 0 Å². The number of sulfonamides is 1. The Morgan fingerprint density at radius 1 is 1.07 bits per heavy atom. The average Bonchev–Trinajstić information content (AvgIpc) is 2.92. The third-order valence-corrected chi connectivity index (χ3v) is 4.74. The van der Waals surface area contributed by atoms with E-state index in [1.807, 2.05) is 42.5 Å². The molecule has 7 heteroatoms. The van der Waals surface area contributed by atoms with Gasteiger partial charge in [-0.2, -0.15) is 0 Å². The van der Waals surface area contributed by atoms with Crippen LogP contribution in [0.2, 0.25) is 0 Å². The first-order chi connectivity index (χ1) is 12.8. The van der Waals surface area contributed by atoms with Gasteiger partial charge in [0.15, 0.2) is 0 Å². The zero-order chi connectivity index (χ0) is 19.6. The standard InChI is InChI=1S/C18H14N2O.C2H5NO2S/c19-18(21)15-9-10-20-16-8-4-1-5-12(16)11-17(20)14-7-3-2-6-13(14)15;1-2-6(3,4)5/h1-9,11H,10H2,(H2,19,21);2H,1H2,(H2,3,4,5). The van der Waals surface area contributed by atoms with Crippen LogP contribution in [0.25, 0.3) is 27.7 Å². The number of nitrogens with zero attached hydrogens (tertiary/aromatic N) is 1. The van der Waals surface area contributed by atoms with Crippen LogP contribution in [0, 0.1) is 0 Å². The van der Waals surface area contributed by atoms with Gasteiger partial charge in [-0.3, -0.25) is 4.79 Å². The molecular formula is C20H19N3O3S. The van der Waals surface area contributed by atoms with E-state index in [4.69, 9.17) is 5.73 Å². The summed E-state index contributed by atoms with van der Waals surface area (Å²) < 4.78 is 21.5. The second-order valence-corrected chi connectivity index (χ2v) is 7.49. The Hall–Kier alpha value is -3.16. The monoisotopic (exact) mass is 381 g/mol. The number of hydrogen-bond donors (Lipinski definition) is 2. The van der Waals surface area contributed by atoms with Gasteiger partial charge in [-0.25, -0.2) is 13.6 Å². The van der Waals surface area contributed by atoms with Crippen LogP contribution in [0.4, 0.5) is 0 Å². The van der Waals surface area contributed by atoms with Crippen LogP contribution < -0.4 is 10.9 Å². The number of amides is 1. The van der Waals surface area contributed by atoms with E-state index < -0.39 is 10.0 Å². The predicted molar refractivity (Wildman–Crippen MR) is 108 cm³/mol. The van der Waals surface area contributed by atoms with Crippen LogP contribution >= 0.6 is 0 Å². The van der Waals surface area contributed by atoms with Crippen molar-refractivity contribution in [2.24, 2.45) is 10.9 Å². The number of primary sulfonamides is 1. The highest BCUT2D eigenvalue weighted by atomic mass is 32.2. The van der Waals surface area contributed by atoms with Crippen LogP contribution in [-0.4, -0.2) is 18.9 Å². The molecule has 0 bridgehead atoms. The quantitative estimate of drug-likeness (QED) is 0.712. The molecule has 2 aromatic carbocycles. The number of carbonyl (C=O) groups is 1. The van der Waals surface area contributed by atoms with Crippen LogP contribution in [0.15, 0.2) is 72.7 Å². The smallest absolute Gasteiger partial charge is 0.249 e. The summed E-state index contributed by atoms with van der Waals surface area (Å²) in [6, 6.07) is 18.4. The molecule has 0 spiro atoms.